The largest absolute Gasteiger partial charge is 0.477 e. The van der Waals surface area contributed by atoms with Gasteiger partial charge >= 0.3 is 6.18 Å². The van der Waals surface area contributed by atoms with Gasteiger partial charge < -0.3 is 14.5 Å². The molecule has 3 heterocycles. The van der Waals surface area contributed by atoms with Crippen molar-refractivity contribution in [2.75, 3.05) is 39.3 Å². The number of carbonyl (C=O) groups is 1. The fourth-order valence-corrected chi connectivity index (χ4v) is 5.17. The summed E-state index contributed by atoms with van der Waals surface area (Å²) in [7, 11) is 0. The number of piperidine rings is 1. The van der Waals surface area contributed by atoms with E-state index in [9.17, 15) is 18.0 Å². The Bertz CT molecular complexity index is 1010. The summed E-state index contributed by atoms with van der Waals surface area (Å²) in [6, 6.07) is 11.4. The highest BCUT2D eigenvalue weighted by molar-refractivity contribution is 5.94. The van der Waals surface area contributed by atoms with Crippen LogP contribution in [0.25, 0.3) is 11.1 Å². The molecule has 0 bridgehead atoms. The number of alkyl halides is 3. The Morgan fingerprint density at radius 2 is 1.63 bits per heavy atom. The molecule has 1 aliphatic carbocycles. The molecule has 0 N–H and O–H groups in total. The van der Waals surface area contributed by atoms with Crippen molar-refractivity contribution in [3.8, 4) is 17.0 Å². The van der Waals surface area contributed by atoms with Gasteiger partial charge in [-0.3, -0.25) is 4.79 Å². The second kappa shape index (κ2) is 9.80. The minimum atomic E-state index is -4.09. The summed E-state index contributed by atoms with van der Waals surface area (Å²) in [5.74, 6) is 0.967. The Balaban J connectivity index is 1.08. The molecule has 0 radical (unpaired) electrons. The molecule has 0 unspecified atom stereocenters. The summed E-state index contributed by atoms with van der Waals surface area (Å²) in [6.07, 6.45) is 2.05. The first kappa shape index (κ1) is 24.1. The van der Waals surface area contributed by atoms with Crippen LogP contribution in [0.3, 0.4) is 0 Å². The smallest absolute Gasteiger partial charge is 0.395 e. The molecule has 3 fully saturated rings. The third kappa shape index (κ3) is 5.47. The van der Waals surface area contributed by atoms with Gasteiger partial charge in [0.25, 0.3) is 5.91 Å². The molecule has 1 aromatic carbocycles. The highest BCUT2D eigenvalue weighted by Crippen LogP contribution is 2.58. The fraction of sp³-hybridized carbons (Fsp3) is 0.556. The number of likely N-dealkylation sites (tertiary alicyclic amines) is 2. The fourth-order valence-electron chi connectivity index (χ4n) is 5.17. The SMILES string of the molecule is O=C(c1ccc(-c2ccc(OCC3CCN(CC4(C(F)(F)F)CC4)CC3)nc2)cc1)N1CCCC1. The lowest BCUT2D eigenvalue weighted by Gasteiger charge is -2.34. The Morgan fingerprint density at radius 3 is 2.20 bits per heavy atom. The summed E-state index contributed by atoms with van der Waals surface area (Å²) in [5, 5.41) is 0. The zero-order valence-corrected chi connectivity index (χ0v) is 19.9. The molecule has 2 aliphatic heterocycles. The zero-order chi connectivity index (χ0) is 24.5. The van der Waals surface area contributed by atoms with Gasteiger partial charge in [-0.1, -0.05) is 12.1 Å². The van der Waals surface area contributed by atoms with Crippen molar-refractivity contribution in [2.45, 2.75) is 44.7 Å². The first-order valence-corrected chi connectivity index (χ1v) is 12.6. The quantitative estimate of drug-likeness (QED) is 0.523. The Morgan fingerprint density at radius 1 is 0.971 bits per heavy atom. The second-order valence-corrected chi connectivity index (χ2v) is 10.3. The van der Waals surface area contributed by atoms with Crippen LogP contribution >= 0.6 is 0 Å². The molecule has 35 heavy (non-hydrogen) atoms. The number of hydrogen-bond donors (Lipinski definition) is 0. The van der Waals surface area contributed by atoms with Gasteiger partial charge in [0.05, 0.1) is 12.0 Å². The highest BCUT2D eigenvalue weighted by Gasteiger charge is 2.63. The number of benzene rings is 1. The van der Waals surface area contributed by atoms with Crippen LogP contribution in [0.4, 0.5) is 13.2 Å². The van der Waals surface area contributed by atoms with Crippen LogP contribution in [-0.2, 0) is 0 Å². The lowest BCUT2D eigenvalue weighted by Crippen LogP contribution is -2.43. The Kier molecular flexibility index (Phi) is 6.75. The minimum absolute atomic E-state index is 0.0918. The number of pyridine rings is 1. The summed E-state index contributed by atoms with van der Waals surface area (Å²) in [4.78, 5) is 20.8. The maximum Gasteiger partial charge on any atom is 0.395 e. The number of nitrogens with zero attached hydrogens (tertiary/aromatic N) is 3. The highest BCUT2D eigenvalue weighted by atomic mass is 19.4. The molecule has 0 spiro atoms. The van der Waals surface area contributed by atoms with Gasteiger partial charge in [0.1, 0.15) is 0 Å². The predicted octanol–water partition coefficient (Wildman–Crippen LogP) is 5.42. The van der Waals surface area contributed by atoms with Crippen molar-refractivity contribution >= 4 is 5.91 Å². The third-order valence-corrected chi connectivity index (χ3v) is 7.75. The summed E-state index contributed by atoms with van der Waals surface area (Å²) in [6.45, 7) is 3.72. The number of ether oxygens (including phenoxy) is 1. The van der Waals surface area contributed by atoms with Crippen LogP contribution < -0.4 is 4.74 Å². The average molecular weight is 488 g/mol. The van der Waals surface area contributed by atoms with Gasteiger partial charge in [0.15, 0.2) is 0 Å². The zero-order valence-electron chi connectivity index (χ0n) is 19.9. The second-order valence-electron chi connectivity index (χ2n) is 10.3. The first-order chi connectivity index (χ1) is 16.8. The van der Waals surface area contributed by atoms with Crippen LogP contribution in [0.1, 0.15) is 48.9 Å². The van der Waals surface area contributed by atoms with Gasteiger partial charge in [-0.2, -0.15) is 13.2 Å². The molecule has 1 aromatic heterocycles. The number of halogens is 3. The van der Waals surface area contributed by atoms with Gasteiger partial charge in [0, 0.05) is 43.0 Å². The molecule has 5 rings (SSSR count). The van der Waals surface area contributed by atoms with E-state index < -0.39 is 11.6 Å². The van der Waals surface area contributed by atoms with Crippen LogP contribution in [0.2, 0.25) is 0 Å². The van der Waals surface area contributed by atoms with Crippen molar-refractivity contribution in [3.63, 3.8) is 0 Å². The van der Waals surface area contributed by atoms with E-state index in [2.05, 4.69) is 4.98 Å². The molecule has 0 atom stereocenters. The number of hydrogen-bond acceptors (Lipinski definition) is 4. The molecular formula is C27H32F3N3O2. The number of carbonyl (C=O) groups excluding carboxylic acids is 1. The molecule has 5 nitrogen and oxygen atoms in total. The van der Waals surface area contributed by atoms with Gasteiger partial charge in [-0.05, 0) is 81.3 Å². The Hall–Kier alpha value is -2.61. The van der Waals surface area contributed by atoms with Gasteiger partial charge in [-0.25, -0.2) is 4.98 Å². The molecule has 188 valence electrons. The van der Waals surface area contributed by atoms with Crippen LogP contribution in [0, 0.1) is 11.3 Å². The Labute approximate surface area is 204 Å². The summed E-state index contributed by atoms with van der Waals surface area (Å²) in [5.41, 5.74) is 1.19. The minimum Gasteiger partial charge on any atom is -0.477 e. The van der Waals surface area contributed by atoms with E-state index in [-0.39, 0.29) is 25.3 Å². The van der Waals surface area contributed by atoms with Crippen molar-refractivity contribution in [1.82, 2.24) is 14.8 Å². The van der Waals surface area contributed by atoms with E-state index in [4.69, 9.17) is 4.74 Å². The predicted molar refractivity (Wildman–Crippen MR) is 127 cm³/mol. The maximum atomic E-state index is 13.2. The molecule has 1 amide bonds. The van der Waals surface area contributed by atoms with Crippen molar-refractivity contribution < 1.29 is 22.7 Å². The van der Waals surface area contributed by atoms with E-state index >= 15 is 0 Å². The van der Waals surface area contributed by atoms with E-state index in [1.807, 2.05) is 46.2 Å². The molecular weight excluding hydrogens is 455 g/mol. The molecule has 1 saturated carbocycles. The van der Waals surface area contributed by atoms with E-state index in [1.54, 1.807) is 6.20 Å². The average Bonchev–Trinajstić information content (AvgIpc) is 3.46. The normalized spacial score (nSPS) is 20.7. The molecule has 2 aromatic rings. The van der Waals surface area contributed by atoms with Crippen molar-refractivity contribution in [3.05, 3.63) is 48.2 Å². The summed E-state index contributed by atoms with van der Waals surface area (Å²) >= 11 is 0. The lowest BCUT2D eigenvalue weighted by molar-refractivity contribution is -0.192. The van der Waals surface area contributed by atoms with Crippen LogP contribution in [-0.4, -0.2) is 66.2 Å². The number of amides is 1. The monoisotopic (exact) mass is 487 g/mol. The molecule has 2 saturated heterocycles. The van der Waals surface area contributed by atoms with Crippen molar-refractivity contribution in [2.24, 2.45) is 11.3 Å². The van der Waals surface area contributed by atoms with Crippen molar-refractivity contribution in [1.29, 1.82) is 0 Å². The van der Waals surface area contributed by atoms with Crippen LogP contribution in [0.5, 0.6) is 5.88 Å². The van der Waals surface area contributed by atoms with E-state index in [0.29, 0.717) is 37.1 Å². The number of aromatic nitrogens is 1. The maximum absolute atomic E-state index is 13.2. The van der Waals surface area contributed by atoms with Crippen LogP contribution in [0.15, 0.2) is 42.6 Å². The summed E-state index contributed by atoms with van der Waals surface area (Å²) < 4.78 is 45.5. The molecule has 8 heteroatoms. The van der Waals surface area contributed by atoms with Gasteiger partial charge in [0.2, 0.25) is 5.88 Å². The first-order valence-electron chi connectivity index (χ1n) is 12.6. The lowest BCUT2D eigenvalue weighted by atomic mass is 9.96. The van der Waals surface area contributed by atoms with E-state index in [0.717, 1.165) is 49.9 Å². The van der Waals surface area contributed by atoms with Gasteiger partial charge in [-0.15, -0.1) is 0 Å². The topological polar surface area (TPSA) is 45.7 Å². The standard InChI is InChI=1S/C27H32F3N3O2/c28-27(29,30)26(11-12-26)19-32-15-9-20(10-16-32)18-35-24-8-7-23(17-31-24)21-3-5-22(6-4-21)25(34)33-13-1-2-14-33/h3-8,17,20H,1-2,9-16,18-19H2. The van der Waals surface area contributed by atoms with E-state index in [1.165, 1.54) is 0 Å². The molecule has 3 aliphatic rings. The third-order valence-electron chi connectivity index (χ3n) is 7.75. The number of rotatable bonds is 7.